The Bertz CT molecular complexity index is 979. The van der Waals surface area contributed by atoms with E-state index in [1.807, 2.05) is 12.1 Å². The molecule has 0 saturated carbocycles. The Morgan fingerprint density at radius 3 is 2.62 bits per heavy atom. The maximum atomic E-state index is 12.1. The zero-order valence-corrected chi connectivity index (χ0v) is 13.9. The Kier molecular flexibility index (Phi) is 4.53. The van der Waals surface area contributed by atoms with Gasteiger partial charge in [-0.15, -0.1) is 0 Å². The molecule has 1 N–H and O–H groups in total. The molecule has 0 bridgehead atoms. The fourth-order valence-electron chi connectivity index (χ4n) is 2.36. The second-order valence-corrected chi connectivity index (χ2v) is 5.45. The Hall–Kier alpha value is -2.79. The number of benzene rings is 2. The van der Waals surface area contributed by atoms with Gasteiger partial charge in [-0.1, -0.05) is 29.8 Å². The van der Waals surface area contributed by atoms with Crippen LogP contribution in [0.25, 0.3) is 22.0 Å². The minimum absolute atomic E-state index is 0.227. The van der Waals surface area contributed by atoms with Crippen molar-refractivity contribution < 1.29 is 9.47 Å². The van der Waals surface area contributed by atoms with Gasteiger partial charge in [0.1, 0.15) is 0 Å². The summed E-state index contributed by atoms with van der Waals surface area (Å²) in [5.41, 5.74) is 1.16. The number of fused-ring (bicyclic) bond motifs is 1. The van der Waals surface area contributed by atoms with Gasteiger partial charge in [0.15, 0.2) is 17.3 Å². The lowest BCUT2D eigenvalue weighted by molar-refractivity contribution is 0.355. The maximum Gasteiger partial charge on any atom is 0.259 e. The Labute approximate surface area is 143 Å². The van der Waals surface area contributed by atoms with Crippen LogP contribution in [0.5, 0.6) is 11.5 Å². The van der Waals surface area contributed by atoms with Crippen molar-refractivity contribution in [3.63, 3.8) is 0 Å². The molecule has 122 valence electrons. The molecule has 0 amide bonds. The molecule has 2 aromatic carbocycles. The van der Waals surface area contributed by atoms with Gasteiger partial charge in [0.25, 0.3) is 5.56 Å². The largest absolute Gasteiger partial charge is 0.493 e. The van der Waals surface area contributed by atoms with Crippen LogP contribution in [0.1, 0.15) is 11.4 Å². The predicted molar refractivity (Wildman–Crippen MR) is 95.6 cm³/mol. The van der Waals surface area contributed by atoms with Crippen LogP contribution in [0.4, 0.5) is 0 Å². The molecule has 0 atom stereocenters. The molecule has 0 aliphatic heterocycles. The lowest BCUT2D eigenvalue weighted by atomic mass is 10.2. The maximum absolute atomic E-state index is 12.1. The summed E-state index contributed by atoms with van der Waals surface area (Å²) in [5.74, 6) is 1.54. The molecular formula is C18H15ClN2O3. The van der Waals surface area contributed by atoms with Gasteiger partial charge >= 0.3 is 0 Å². The van der Waals surface area contributed by atoms with Gasteiger partial charge < -0.3 is 14.5 Å². The molecule has 5 nitrogen and oxygen atoms in total. The number of hydrogen-bond donors (Lipinski definition) is 1. The van der Waals surface area contributed by atoms with Crippen LogP contribution in [-0.2, 0) is 0 Å². The van der Waals surface area contributed by atoms with Gasteiger partial charge in [0, 0.05) is 0 Å². The number of ether oxygens (including phenoxy) is 2. The topological polar surface area (TPSA) is 64.2 Å². The van der Waals surface area contributed by atoms with E-state index < -0.39 is 0 Å². The summed E-state index contributed by atoms with van der Waals surface area (Å²) < 4.78 is 10.5. The summed E-state index contributed by atoms with van der Waals surface area (Å²) in [5, 5.41) is 0.849. The summed E-state index contributed by atoms with van der Waals surface area (Å²) >= 11 is 6.34. The van der Waals surface area contributed by atoms with Crippen molar-refractivity contribution >= 4 is 33.6 Å². The Morgan fingerprint density at radius 1 is 1.12 bits per heavy atom. The van der Waals surface area contributed by atoms with E-state index in [9.17, 15) is 4.79 Å². The third-order valence-electron chi connectivity index (χ3n) is 3.54. The van der Waals surface area contributed by atoms with E-state index in [4.69, 9.17) is 21.1 Å². The average molecular weight is 343 g/mol. The first-order chi connectivity index (χ1) is 11.6. The van der Waals surface area contributed by atoms with Gasteiger partial charge in [0.2, 0.25) is 0 Å². The number of aromatic nitrogens is 2. The summed E-state index contributed by atoms with van der Waals surface area (Å²) in [4.78, 5) is 19.2. The number of rotatable bonds is 4. The molecule has 0 spiro atoms. The number of halogens is 1. The molecule has 0 saturated heterocycles. The third kappa shape index (κ3) is 3.12. The fraction of sp³-hybridized carbons (Fsp3) is 0.111. The SMILES string of the molecule is COc1ccc(C=C(Cl)c2nc3ccccc3c(=O)[nH]2)cc1OC. The van der Waals surface area contributed by atoms with Crippen LogP contribution in [0.15, 0.2) is 47.3 Å². The van der Waals surface area contributed by atoms with Crippen LogP contribution in [0.2, 0.25) is 0 Å². The number of para-hydroxylation sites is 1. The molecule has 3 aromatic rings. The smallest absolute Gasteiger partial charge is 0.259 e. The average Bonchev–Trinajstić information content (AvgIpc) is 2.61. The van der Waals surface area contributed by atoms with Gasteiger partial charge in [-0.25, -0.2) is 4.98 Å². The molecular weight excluding hydrogens is 328 g/mol. The second-order valence-electron chi connectivity index (χ2n) is 5.04. The highest BCUT2D eigenvalue weighted by Crippen LogP contribution is 2.29. The number of hydrogen-bond acceptors (Lipinski definition) is 4. The number of methoxy groups -OCH3 is 2. The van der Waals surface area contributed by atoms with Crippen LogP contribution in [0.3, 0.4) is 0 Å². The van der Waals surface area contributed by atoms with Crippen molar-refractivity contribution in [2.24, 2.45) is 0 Å². The standard InChI is InChI=1S/C18H15ClN2O3/c1-23-15-8-7-11(10-16(15)24-2)9-13(19)17-20-14-6-4-3-5-12(14)18(22)21-17/h3-10H,1-2H3,(H,20,21,22). The number of aromatic amines is 1. The van der Waals surface area contributed by atoms with Crippen molar-refractivity contribution in [3.05, 3.63) is 64.2 Å². The summed E-state index contributed by atoms with van der Waals surface area (Å²) in [7, 11) is 3.14. The predicted octanol–water partition coefficient (Wildman–Crippen LogP) is 3.68. The van der Waals surface area contributed by atoms with Crippen LogP contribution in [-0.4, -0.2) is 24.2 Å². The summed E-state index contributed by atoms with van der Waals surface area (Å²) in [6.45, 7) is 0. The molecule has 1 heterocycles. The highest BCUT2D eigenvalue weighted by atomic mass is 35.5. The highest BCUT2D eigenvalue weighted by molar-refractivity contribution is 6.50. The van der Waals surface area contributed by atoms with E-state index in [-0.39, 0.29) is 5.56 Å². The first-order valence-electron chi connectivity index (χ1n) is 7.21. The lowest BCUT2D eigenvalue weighted by Gasteiger charge is -2.08. The van der Waals surface area contributed by atoms with Gasteiger partial charge in [-0.3, -0.25) is 4.79 Å². The first kappa shape index (κ1) is 16.1. The van der Waals surface area contributed by atoms with Crippen molar-refractivity contribution in [1.29, 1.82) is 0 Å². The van der Waals surface area contributed by atoms with Gasteiger partial charge in [-0.2, -0.15) is 0 Å². The third-order valence-corrected chi connectivity index (χ3v) is 3.83. The first-order valence-corrected chi connectivity index (χ1v) is 7.59. The number of H-pyrrole nitrogens is 1. The minimum Gasteiger partial charge on any atom is -0.493 e. The van der Waals surface area contributed by atoms with E-state index in [2.05, 4.69) is 9.97 Å². The van der Waals surface area contributed by atoms with Crippen molar-refractivity contribution in [3.8, 4) is 11.5 Å². The number of nitrogens with zero attached hydrogens (tertiary/aromatic N) is 1. The highest BCUT2D eigenvalue weighted by Gasteiger charge is 2.08. The zero-order valence-electron chi connectivity index (χ0n) is 13.2. The summed E-state index contributed by atoms with van der Waals surface area (Å²) in [6.07, 6.45) is 1.70. The molecule has 1 aromatic heterocycles. The zero-order chi connectivity index (χ0) is 17.1. The molecule has 3 rings (SSSR count). The monoisotopic (exact) mass is 342 g/mol. The molecule has 6 heteroatoms. The molecule has 0 aliphatic carbocycles. The van der Waals surface area contributed by atoms with Crippen LogP contribution in [0, 0.1) is 0 Å². The van der Waals surface area contributed by atoms with Crippen molar-refractivity contribution in [2.45, 2.75) is 0 Å². The van der Waals surface area contributed by atoms with Gasteiger partial charge in [0.05, 0.1) is 30.2 Å². The fourth-order valence-corrected chi connectivity index (χ4v) is 2.57. The molecule has 0 unspecified atom stereocenters. The second kappa shape index (κ2) is 6.76. The van der Waals surface area contributed by atoms with Crippen molar-refractivity contribution in [1.82, 2.24) is 9.97 Å². The molecule has 0 aliphatic rings. The van der Waals surface area contributed by atoms with E-state index >= 15 is 0 Å². The van der Waals surface area contributed by atoms with E-state index in [1.54, 1.807) is 50.6 Å². The van der Waals surface area contributed by atoms with E-state index in [0.717, 1.165) is 5.56 Å². The Morgan fingerprint density at radius 2 is 1.88 bits per heavy atom. The minimum atomic E-state index is -0.227. The lowest BCUT2D eigenvalue weighted by Crippen LogP contribution is -2.10. The Balaban J connectivity index is 2.04. The molecule has 0 fully saturated rings. The normalized spacial score (nSPS) is 11.5. The quantitative estimate of drug-likeness (QED) is 0.785. The summed E-state index contributed by atoms with van der Waals surface area (Å²) in [6, 6.07) is 12.5. The van der Waals surface area contributed by atoms with Crippen molar-refractivity contribution in [2.75, 3.05) is 14.2 Å². The van der Waals surface area contributed by atoms with Crippen LogP contribution < -0.4 is 15.0 Å². The van der Waals surface area contributed by atoms with E-state index in [1.165, 1.54) is 0 Å². The van der Waals surface area contributed by atoms with Gasteiger partial charge in [-0.05, 0) is 35.9 Å². The van der Waals surface area contributed by atoms with E-state index in [0.29, 0.717) is 33.3 Å². The number of nitrogens with one attached hydrogen (secondary N) is 1. The molecule has 24 heavy (non-hydrogen) atoms. The molecule has 0 radical (unpaired) electrons. The van der Waals surface area contributed by atoms with Crippen LogP contribution >= 0.6 is 11.6 Å².